The van der Waals surface area contributed by atoms with Gasteiger partial charge in [0.2, 0.25) is 0 Å². The van der Waals surface area contributed by atoms with E-state index in [-0.39, 0.29) is 23.6 Å². The third-order valence-electron chi connectivity index (χ3n) is 2.79. The number of hydrogen-bond acceptors (Lipinski definition) is 2. The number of amides is 1. The number of aliphatic hydroxyl groups is 1. The number of carbonyl (C=O) groups is 1. The molecule has 1 aliphatic heterocycles. The number of aliphatic hydroxyl groups excluding tert-OH is 1. The zero-order chi connectivity index (χ0) is 9.46. The summed E-state index contributed by atoms with van der Waals surface area (Å²) in [4.78, 5) is 13.1. The van der Waals surface area contributed by atoms with Crippen molar-refractivity contribution in [3.8, 4) is 0 Å². The highest BCUT2D eigenvalue weighted by Gasteiger charge is 2.32. The molecule has 68 valence electrons. The van der Waals surface area contributed by atoms with E-state index in [1.54, 1.807) is 18.9 Å². The Morgan fingerprint density at radius 2 is 1.92 bits per heavy atom. The summed E-state index contributed by atoms with van der Waals surface area (Å²) in [5.74, 6) is 0.219. The Morgan fingerprint density at radius 3 is 2.42 bits per heavy atom. The molecule has 0 radical (unpaired) electrons. The van der Waals surface area contributed by atoms with E-state index >= 15 is 0 Å². The molecule has 1 N–H and O–H groups in total. The Hall–Kier alpha value is -0.990. The maximum absolute atomic E-state index is 11.4. The standard InChI is InChI=1S/C9H15NO2/c1-5-7(3)10(4)9(12)6(2)8(5)11/h5,7,11H,1-4H3. The van der Waals surface area contributed by atoms with Crippen LogP contribution in [0.3, 0.4) is 0 Å². The van der Waals surface area contributed by atoms with Crippen molar-refractivity contribution < 1.29 is 9.90 Å². The van der Waals surface area contributed by atoms with Crippen molar-refractivity contribution in [2.45, 2.75) is 26.8 Å². The molecule has 12 heavy (non-hydrogen) atoms. The molecule has 1 amide bonds. The number of nitrogens with zero attached hydrogens (tertiary/aromatic N) is 1. The van der Waals surface area contributed by atoms with Gasteiger partial charge in [-0.2, -0.15) is 0 Å². The van der Waals surface area contributed by atoms with Gasteiger partial charge in [0.1, 0.15) is 5.76 Å². The first kappa shape index (κ1) is 9.10. The van der Waals surface area contributed by atoms with Crippen LogP contribution in [0.15, 0.2) is 11.3 Å². The molecule has 0 aromatic carbocycles. The Balaban J connectivity index is 3.08. The molecule has 0 bridgehead atoms. The third-order valence-corrected chi connectivity index (χ3v) is 2.79. The highest BCUT2D eigenvalue weighted by molar-refractivity contribution is 5.94. The van der Waals surface area contributed by atoms with Crippen molar-refractivity contribution >= 4 is 5.91 Å². The third kappa shape index (κ3) is 1.09. The maximum atomic E-state index is 11.4. The zero-order valence-electron chi connectivity index (χ0n) is 7.96. The summed E-state index contributed by atoms with van der Waals surface area (Å²) in [5, 5.41) is 9.54. The molecule has 1 rings (SSSR count). The normalized spacial score (nSPS) is 31.3. The van der Waals surface area contributed by atoms with Crippen molar-refractivity contribution in [1.82, 2.24) is 4.90 Å². The molecule has 0 aromatic heterocycles. The van der Waals surface area contributed by atoms with E-state index in [1.807, 2.05) is 13.8 Å². The molecule has 1 heterocycles. The first-order valence-corrected chi connectivity index (χ1v) is 4.13. The van der Waals surface area contributed by atoms with Crippen LogP contribution in [-0.4, -0.2) is 29.0 Å². The summed E-state index contributed by atoms with van der Waals surface area (Å²) in [6.07, 6.45) is 0. The molecule has 3 nitrogen and oxygen atoms in total. The van der Waals surface area contributed by atoms with E-state index in [0.717, 1.165) is 0 Å². The van der Waals surface area contributed by atoms with E-state index in [0.29, 0.717) is 5.57 Å². The van der Waals surface area contributed by atoms with Gasteiger partial charge in [-0.05, 0) is 13.8 Å². The monoisotopic (exact) mass is 169 g/mol. The lowest BCUT2D eigenvalue weighted by atomic mass is 9.92. The lowest BCUT2D eigenvalue weighted by molar-refractivity contribution is -0.130. The number of carbonyl (C=O) groups excluding carboxylic acids is 1. The second-order valence-corrected chi connectivity index (χ2v) is 3.46. The van der Waals surface area contributed by atoms with Crippen LogP contribution in [-0.2, 0) is 4.79 Å². The topological polar surface area (TPSA) is 40.5 Å². The maximum Gasteiger partial charge on any atom is 0.252 e. The summed E-state index contributed by atoms with van der Waals surface area (Å²) in [6, 6.07) is 0.0844. The fraction of sp³-hybridized carbons (Fsp3) is 0.667. The quantitative estimate of drug-likeness (QED) is 0.594. The van der Waals surface area contributed by atoms with Crippen molar-refractivity contribution in [3.05, 3.63) is 11.3 Å². The van der Waals surface area contributed by atoms with Crippen molar-refractivity contribution in [2.75, 3.05) is 7.05 Å². The van der Waals surface area contributed by atoms with E-state index < -0.39 is 0 Å². The van der Waals surface area contributed by atoms with Crippen molar-refractivity contribution in [1.29, 1.82) is 0 Å². The smallest absolute Gasteiger partial charge is 0.252 e. The Bertz CT molecular complexity index is 245. The van der Waals surface area contributed by atoms with Crippen LogP contribution in [0.25, 0.3) is 0 Å². The summed E-state index contributed by atoms with van der Waals surface area (Å²) < 4.78 is 0. The van der Waals surface area contributed by atoms with Crippen LogP contribution < -0.4 is 0 Å². The molecule has 0 aliphatic carbocycles. The van der Waals surface area contributed by atoms with Crippen LogP contribution in [0.1, 0.15) is 20.8 Å². The molecule has 0 aromatic rings. The molecule has 1 aliphatic rings. The summed E-state index contributed by atoms with van der Waals surface area (Å²) in [7, 11) is 1.76. The second-order valence-electron chi connectivity index (χ2n) is 3.46. The first-order chi connectivity index (χ1) is 5.46. The highest BCUT2D eigenvalue weighted by Crippen LogP contribution is 2.26. The molecule has 0 fully saturated rings. The van der Waals surface area contributed by atoms with Gasteiger partial charge in [-0.15, -0.1) is 0 Å². The minimum absolute atomic E-state index is 0.0488. The van der Waals surface area contributed by atoms with Gasteiger partial charge in [-0.25, -0.2) is 0 Å². The number of likely N-dealkylation sites (N-methyl/N-ethyl adjacent to an activating group) is 1. The van der Waals surface area contributed by atoms with E-state index in [9.17, 15) is 9.90 Å². The molecule has 0 saturated heterocycles. The Kier molecular flexibility index (Phi) is 2.13. The van der Waals surface area contributed by atoms with Crippen LogP contribution in [0.2, 0.25) is 0 Å². The van der Waals surface area contributed by atoms with Crippen LogP contribution in [0.4, 0.5) is 0 Å². The minimum atomic E-state index is -0.0712. The van der Waals surface area contributed by atoms with Gasteiger partial charge in [0, 0.05) is 19.0 Å². The van der Waals surface area contributed by atoms with Crippen molar-refractivity contribution in [3.63, 3.8) is 0 Å². The summed E-state index contributed by atoms with van der Waals surface area (Å²) >= 11 is 0. The van der Waals surface area contributed by atoms with Gasteiger partial charge in [0.15, 0.2) is 0 Å². The van der Waals surface area contributed by atoms with Crippen LogP contribution in [0.5, 0.6) is 0 Å². The van der Waals surface area contributed by atoms with Gasteiger partial charge in [0.25, 0.3) is 5.91 Å². The fourth-order valence-electron chi connectivity index (χ4n) is 1.46. The molecule has 3 heteroatoms. The van der Waals surface area contributed by atoms with Gasteiger partial charge in [-0.1, -0.05) is 6.92 Å². The van der Waals surface area contributed by atoms with Gasteiger partial charge in [-0.3, -0.25) is 4.79 Å². The molecule has 2 unspecified atom stereocenters. The molecule has 0 spiro atoms. The second kappa shape index (κ2) is 2.81. The Morgan fingerprint density at radius 1 is 1.42 bits per heavy atom. The van der Waals surface area contributed by atoms with Crippen LogP contribution >= 0.6 is 0 Å². The number of rotatable bonds is 0. The Labute approximate surface area is 72.7 Å². The van der Waals surface area contributed by atoms with Crippen LogP contribution in [0, 0.1) is 5.92 Å². The van der Waals surface area contributed by atoms with E-state index in [2.05, 4.69) is 0 Å². The first-order valence-electron chi connectivity index (χ1n) is 4.13. The lowest BCUT2D eigenvalue weighted by Crippen LogP contribution is -2.44. The fourth-order valence-corrected chi connectivity index (χ4v) is 1.46. The highest BCUT2D eigenvalue weighted by atomic mass is 16.3. The average molecular weight is 169 g/mol. The molecule has 0 saturated carbocycles. The summed E-state index contributed by atoms with van der Waals surface area (Å²) in [5.41, 5.74) is 0.475. The predicted octanol–water partition coefficient (Wildman–Crippen LogP) is 1.32. The average Bonchev–Trinajstić information content (AvgIpc) is 2.08. The predicted molar refractivity (Wildman–Crippen MR) is 46.7 cm³/mol. The van der Waals surface area contributed by atoms with E-state index in [4.69, 9.17) is 0 Å². The minimum Gasteiger partial charge on any atom is -0.511 e. The molecular weight excluding hydrogens is 154 g/mol. The van der Waals surface area contributed by atoms with Crippen molar-refractivity contribution in [2.24, 2.45) is 5.92 Å². The lowest BCUT2D eigenvalue weighted by Gasteiger charge is -2.34. The molecular formula is C9H15NO2. The zero-order valence-corrected chi connectivity index (χ0v) is 7.96. The summed E-state index contributed by atoms with van der Waals surface area (Å²) in [6.45, 7) is 5.52. The number of hydrogen-bond donors (Lipinski definition) is 1. The largest absolute Gasteiger partial charge is 0.511 e. The van der Waals surface area contributed by atoms with Gasteiger partial charge in [0.05, 0.1) is 5.57 Å². The SMILES string of the molecule is CC1=C(O)C(C)C(C)N(C)C1=O. The van der Waals surface area contributed by atoms with Gasteiger partial charge < -0.3 is 10.0 Å². The molecule has 2 atom stereocenters. The van der Waals surface area contributed by atoms with E-state index in [1.165, 1.54) is 0 Å². The van der Waals surface area contributed by atoms with Gasteiger partial charge >= 0.3 is 0 Å².